The molecule has 1 saturated heterocycles. The van der Waals surface area contributed by atoms with E-state index in [1.807, 2.05) is 24.3 Å². The number of phenolic OH excluding ortho intramolecular Hbond substituents is 1. The zero-order chi connectivity index (χ0) is 25.8. The molecule has 1 fully saturated rings. The highest BCUT2D eigenvalue weighted by molar-refractivity contribution is 9.10. The van der Waals surface area contributed by atoms with E-state index in [0.29, 0.717) is 23.7 Å². The Bertz CT molecular complexity index is 1370. The minimum Gasteiger partial charge on any atom is -0.508 e. The summed E-state index contributed by atoms with van der Waals surface area (Å²) in [5, 5.41) is 11.9. The molecule has 1 aliphatic heterocycles. The number of anilines is 1. The maximum absolute atomic E-state index is 13.1. The minimum absolute atomic E-state index is 0.0320. The van der Waals surface area contributed by atoms with Gasteiger partial charge < -0.3 is 14.6 Å². The number of barbiturate groups is 1. The Morgan fingerprint density at radius 1 is 1.06 bits per heavy atom. The quantitative estimate of drug-likeness (QED) is 0.289. The van der Waals surface area contributed by atoms with Gasteiger partial charge in [0.1, 0.15) is 17.9 Å². The standard InChI is InChI=1S/C26H20BrClN2O6/c1-2-35-22-13-15(12-21(28)23(22)36-14-16-5-3-4-6-20(16)27)11-19-24(32)29-26(34)30(25(19)33)17-7-9-18(31)10-8-17/h3-13,31H,2,14H2,1H3,(H,29,32,34)/b19-11+. The van der Waals surface area contributed by atoms with Gasteiger partial charge in [0.25, 0.3) is 11.8 Å². The van der Waals surface area contributed by atoms with Crippen molar-refractivity contribution in [3.05, 3.63) is 86.9 Å². The molecule has 8 nitrogen and oxygen atoms in total. The summed E-state index contributed by atoms with van der Waals surface area (Å²) in [6.45, 7) is 2.35. The number of carbonyl (C=O) groups is 3. The van der Waals surface area contributed by atoms with Gasteiger partial charge in [-0.2, -0.15) is 0 Å². The number of hydrogen-bond acceptors (Lipinski definition) is 6. The lowest BCUT2D eigenvalue weighted by Gasteiger charge is -2.26. The summed E-state index contributed by atoms with van der Waals surface area (Å²) in [6, 6.07) is 15.3. The van der Waals surface area contributed by atoms with Crippen molar-refractivity contribution in [3.8, 4) is 17.2 Å². The second-order valence-electron chi connectivity index (χ2n) is 7.62. The monoisotopic (exact) mass is 570 g/mol. The Morgan fingerprint density at radius 2 is 1.78 bits per heavy atom. The first kappa shape index (κ1) is 25.3. The molecule has 1 heterocycles. The predicted molar refractivity (Wildman–Crippen MR) is 138 cm³/mol. The molecule has 0 aromatic heterocycles. The van der Waals surface area contributed by atoms with Crippen LogP contribution < -0.4 is 19.7 Å². The highest BCUT2D eigenvalue weighted by atomic mass is 79.9. The summed E-state index contributed by atoms with van der Waals surface area (Å²) < 4.78 is 12.5. The van der Waals surface area contributed by atoms with E-state index in [2.05, 4.69) is 21.2 Å². The van der Waals surface area contributed by atoms with Crippen molar-refractivity contribution >= 4 is 57.1 Å². The van der Waals surface area contributed by atoms with Gasteiger partial charge in [-0.05, 0) is 61.0 Å². The van der Waals surface area contributed by atoms with Crippen molar-refractivity contribution in [1.82, 2.24) is 5.32 Å². The lowest BCUT2D eigenvalue weighted by molar-refractivity contribution is -0.122. The maximum Gasteiger partial charge on any atom is 0.335 e. The Hall–Kier alpha value is -3.82. The smallest absolute Gasteiger partial charge is 0.335 e. The van der Waals surface area contributed by atoms with Crippen LogP contribution in [0, 0.1) is 0 Å². The van der Waals surface area contributed by atoms with E-state index in [9.17, 15) is 19.5 Å². The molecule has 0 unspecified atom stereocenters. The molecule has 0 aliphatic carbocycles. The molecule has 184 valence electrons. The lowest BCUT2D eigenvalue weighted by Crippen LogP contribution is -2.54. The van der Waals surface area contributed by atoms with Gasteiger partial charge in [0.2, 0.25) is 0 Å². The molecular weight excluding hydrogens is 552 g/mol. The average molecular weight is 572 g/mol. The van der Waals surface area contributed by atoms with Crippen molar-refractivity contribution < 1.29 is 29.0 Å². The van der Waals surface area contributed by atoms with E-state index < -0.39 is 17.8 Å². The molecule has 2 N–H and O–H groups in total. The zero-order valence-electron chi connectivity index (χ0n) is 19.0. The van der Waals surface area contributed by atoms with Crippen molar-refractivity contribution in [2.45, 2.75) is 13.5 Å². The number of imide groups is 2. The van der Waals surface area contributed by atoms with E-state index in [1.165, 1.54) is 36.4 Å². The van der Waals surface area contributed by atoms with Crippen LogP contribution in [0.25, 0.3) is 6.08 Å². The molecule has 0 saturated carbocycles. The molecular formula is C26H20BrClN2O6. The molecule has 1 aliphatic rings. The van der Waals surface area contributed by atoms with Gasteiger partial charge in [0.15, 0.2) is 11.5 Å². The molecule has 4 rings (SSSR count). The fourth-order valence-corrected chi connectivity index (χ4v) is 4.17. The number of halogens is 2. The van der Waals surface area contributed by atoms with Crippen LogP contribution in [-0.2, 0) is 16.2 Å². The number of hydrogen-bond donors (Lipinski definition) is 2. The number of nitrogens with one attached hydrogen (secondary N) is 1. The van der Waals surface area contributed by atoms with E-state index >= 15 is 0 Å². The molecule has 0 radical (unpaired) electrons. The Morgan fingerprint density at radius 3 is 2.47 bits per heavy atom. The van der Waals surface area contributed by atoms with Gasteiger partial charge in [-0.3, -0.25) is 14.9 Å². The van der Waals surface area contributed by atoms with Gasteiger partial charge in [-0.15, -0.1) is 0 Å². The van der Waals surface area contributed by atoms with E-state index in [1.54, 1.807) is 13.0 Å². The van der Waals surface area contributed by atoms with Gasteiger partial charge in [0, 0.05) is 10.0 Å². The third-order valence-electron chi connectivity index (χ3n) is 5.18. The number of aromatic hydroxyl groups is 1. The normalized spacial score (nSPS) is 14.7. The largest absolute Gasteiger partial charge is 0.508 e. The average Bonchev–Trinajstić information content (AvgIpc) is 2.83. The summed E-state index contributed by atoms with van der Waals surface area (Å²) in [4.78, 5) is 38.8. The summed E-state index contributed by atoms with van der Waals surface area (Å²) in [7, 11) is 0. The van der Waals surface area contributed by atoms with E-state index in [0.717, 1.165) is 14.9 Å². The number of phenols is 1. The van der Waals surface area contributed by atoms with Gasteiger partial charge >= 0.3 is 6.03 Å². The van der Waals surface area contributed by atoms with Crippen LogP contribution in [0.1, 0.15) is 18.1 Å². The summed E-state index contributed by atoms with van der Waals surface area (Å²) >= 11 is 9.99. The predicted octanol–water partition coefficient (Wildman–Crippen LogP) is 5.45. The van der Waals surface area contributed by atoms with Crippen LogP contribution in [0.4, 0.5) is 10.5 Å². The summed E-state index contributed by atoms with van der Waals surface area (Å²) in [5.74, 6) is -1.05. The molecule has 4 amide bonds. The van der Waals surface area contributed by atoms with Crippen LogP contribution >= 0.6 is 27.5 Å². The zero-order valence-corrected chi connectivity index (χ0v) is 21.3. The third kappa shape index (κ3) is 5.37. The second-order valence-corrected chi connectivity index (χ2v) is 8.88. The number of amides is 4. The first-order chi connectivity index (χ1) is 17.3. The molecule has 0 bridgehead atoms. The number of urea groups is 1. The Kier molecular flexibility index (Phi) is 7.61. The minimum atomic E-state index is -0.892. The fourth-order valence-electron chi connectivity index (χ4n) is 3.50. The third-order valence-corrected chi connectivity index (χ3v) is 6.24. The molecule has 36 heavy (non-hydrogen) atoms. The lowest BCUT2D eigenvalue weighted by atomic mass is 10.1. The Balaban J connectivity index is 1.66. The number of benzene rings is 3. The van der Waals surface area contributed by atoms with Crippen LogP contribution in [0.5, 0.6) is 17.2 Å². The van der Waals surface area contributed by atoms with Gasteiger partial charge in [-0.1, -0.05) is 45.7 Å². The van der Waals surface area contributed by atoms with E-state index in [4.69, 9.17) is 21.1 Å². The number of carbonyl (C=O) groups excluding carboxylic acids is 3. The SMILES string of the molecule is CCOc1cc(/C=C2\C(=O)NC(=O)N(c3ccc(O)cc3)C2=O)cc(Cl)c1OCc1ccccc1Br. The van der Waals surface area contributed by atoms with Gasteiger partial charge in [-0.25, -0.2) is 9.69 Å². The molecule has 3 aromatic carbocycles. The van der Waals surface area contributed by atoms with Crippen molar-refractivity contribution in [3.63, 3.8) is 0 Å². The number of rotatable bonds is 7. The van der Waals surface area contributed by atoms with Crippen molar-refractivity contribution in [1.29, 1.82) is 0 Å². The van der Waals surface area contributed by atoms with Crippen molar-refractivity contribution in [2.24, 2.45) is 0 Å². The summed E-state index contributed by atoms with van der Waals surface area (Å²) in [6.07, 6.45) is 1.32. The molecule has 3 aromatic rings. The van der Waals surface area contributed by atoms with Crippen LogP contribution in [0.2, 0.25) is 5.02 Å². The first-order valence-corrected chi connectivity index (χ1v) is 12.0. The van der Waals surface area contributed by atoms with Crippen LogP contribution in [-0.4, -0.2) is 29.6 Å². The second kappa shape index (κ2) is 10.8. The maximum atomic E-state index is 13.1. The number of ether oxygens (including phenoxy) is 2. The van der Waals surface area contributed by atoms with Gasteiger partial charge in [0.05, 0.1) is 17.3 Å². The molecule has 0 spiro atoms. The fraction of sp³-hybridized carbons (Fsp3) is 0.115. The van der Waals surface area contributed by atoms with E-state index in [-0.39, 0.29) is 28.6 Å². The molecule has 0 atom stereocenters. The topological polar surface area (TPSA) is 105 Å². The van der Waals surface area contributed by atoms with Crippen LogP contribution in [0.3, 0.4) is 0 Å². The Labute approximate surface area is 220 Å². The highest BCUT2D eigenvalue weighted by Gasteiger charge is 2.36. The van der Waals surface area contributed by atoms with Crippen LogP contribution in [0.15, 0.2) is 70.7 Å². The first-order valence-electron chi connectivity index (χ1n) is 10.8. The number of nitrogens with zero attached hydrogens (tertiary/aromatic N) is 1. The summed E-state index contributed by atoms with van der Waals surface area (Å²) in [5.41, 5.74) is 1.22. The van der Waals surface area contributed by atoms with Crippen molar-refractivity contribution in [2.75, 3.05) is 11.5 Å². The highest BCUT2D eigenvalue weighted by Crippen LogP contribution is 2.38. The molecule has 10 heteroatoms.